The highest BCUT2D eigenvalue weighted by atomic mass is 16.7. The summed E-state index contributed by atoms with van der Waals surface area (Å²) in [6.45, 7) is 3.21. The van der Waals surface area contributed by atoms with Crippen LogP contribution in [-0.2, 0) is 4.84 Å². The zero-order valence-electron chi connectivity index (χ0n) is 15.7. The van der Waals surface area contributed by atoms with Crippen molar-refractivity contribution in [2.75, 3.05) is 0 Å². The summed E-state index contributed by atoms with van der Waals surface area (Å²) in [5.74, 6) is -2.30. The third-order valence-electron chi connectivity index (χ3n) is 4.80. The molecule has 0 saturated heterocycles. The Labute approximate surface area is 165 Å². The highest BCUT2D eigenvalue weighted by Crippen LogP contribution is 2.24. The Balaban J connectivity index is 1.73. The van der Waals surface area contributed by atoms with Crippen LogP contribution in [0.1, 0.15) is 42.3 Å². The van der Waals surface area contributed by atoms with E-state index in [0.29, 0.717) is 22.0 Å². The number of benzene rings is 2. The minimum Gasteiger partial charge on any atom is -0.324 e. The molecular formula is C22H16N2O5. The number of hydrogen-bond donors (Lipinski definition) is 0. The molecule has 0 N–H and O–H groups in total. The number of fused-ring (bicyclic) bond motifs is 1. The number of carbonyl (C=O) groups is 3. The van der Waals surface area contributed by atoms with Gasteiger partial charge in [0.25, 0.3) is 17.4 Å². The van der Waals surface area contributed by atoms with Crippen LogP contribution >= 0.6 is 0 Å². The van der Waals surface area contributed by atoms with Crippen molar-refractivity contribution in [3.63, 3.8) is 0 Å². The van der Waals surface area contributed by atoms with Crippen molar-refractivity contribution in [3.8, 4) is 5.69 Å². The average molecular weight is 388 g/mol. The lowest BCUT2D eigenvalue weighted by molar-refractivity contribution is -0.0586. The molecule has 2 aromatic carbocycles. The van der Waals surface area contributed by atoms with Gasteiger partial charge in [-0.2, -0.15) is 0 Å². The van der Waals surface area contributed by atoms with Crippen molar-refractivity contribution < 1.29 is 19.2 Å². The summed E-state index contributed by atoms with van der Waals surface area (Å²) in [4.78, 5) is 55.5. The summed E-state index contributed by atoms with van der Waals surface area (Å²) in [6, 6.07) is 16.4. The fourth-order valence-electron chi connectivity index (χ4n) is 3.47. The molecule has 0 saturated carbocycles. The van der Waals surface area contributed by atoms with E-state index in [1.807, 2.05) is 6.07 Å². The molecule has 1 aliphatic rings. The molecule has 7 heteroatoms. The van der Waals surface area contributed by atoms with E-state index in [2.05, 4.69) is 0 Å². The topological polar surface area (TPSA) is 85.7 Å². The number of aromatic nitrogens is 1. The van der Waals surface area contributed by atoms with Gasteiger partial charge in [0.1, 0.15) is 0 Å². The maximum absolute atomic E-state index is 12.9. The fraction of sp³-hybridized carbons (Fsp3) is 0.0909. The lowest BCUT2D eigenvalue weighted by Gasteiger charge is -2.18. The number of pyridine rings is 1. The number of para-hydroxylation sites is 1. The number of amides is 2. The normalized spacial score (nSPS) is 12.8. The van der Waals surface area contributed by atoms with Gasteiger partial charge in [-0.05, 0) is 43.7 Å². The van der Waals surface area contributed by atoms with Crippen molar-refractivity contribution in [2.45, 2.75) is 13.8 Å². The molecule has 3 aromatic rings. The average Bonchev–Trinajstić information content (AvgIpc) is 2.93. The van der Waals surface area contributed by atoms with Crippen LogP contribution in [0.2, 0.25) is 0 Å². The summed E-state index contributed by atoms with van der Waals surface area (Å²) >= 11 is 0. The smallest absolute Gasteiger partial charge is 0.324 e. The monoisotopic (exact) mass is 388 g/mol. The molecule has 0 unspecified atom stereocenters. The zero-order chi connectivity index (χ0) is 20.7. The molecule has 1 aliphatic heterocycles. The Bertz CT molecular complexity index is 1190. The van der Waals surface area contributed by atoms with Crippen LogP contribution in [0.5, 0.6) is 0 Å². The van der Waals surface area contributed by atoms with Gasteiger partial charge in [0, 0.05) is 17.4 Å². The van der Waals surface area contributed by atoms with Crippen LogP contribution in [0.4, 0.5) is 0 Å². The minimum atomic E-state index is -0.890. The van der Waals surface area contributed by atoms with E-state index < -0.39 is 17.8 Å². The number of aryl methyl sites for hydroxylation is 1. The van der Waals surface area contributed by atoms with Gasteiger partial charge in [0.15, 0.2) is 0 Å². The zero-order valence-corrected chi connectivity index (χ0v) is 15.7. The van der Waals surface area contributed by atoms with E-state index in [0.717, 1.165) is 0 Å². The maximum Gasteiger partial charge on any atom is 0.365 e. The van der Waals surface area contributed by atoms with Crippen molar-refractivity contribution in [3.05, 3.63) is 99.0 Å². The van der Waals surface area contributed by atoms with Crippen LogP contribution in [0.25, 0.3) is 5.69 Å². The maximum atomic E-state index is 12.9. The lowest BCUT2D eigenvalue weighted by Crippen LogP contribution is -2.34. The molecule has 4 rings (SSSR count). The van der Waals surface area contributed by atoms with E-state index in [1.165, 1.54) is 22.8 Å². The van der Waals surface area contributed by atoms with Gasteiger partial charge in [-0.3, -0.25) is 19.0 Å². The second-order valence-electron chi connectivity index (χ2n) is 6.63. The Morgan fingerprint density at radius 1 is 0.828 bits per heavy atom. The van der Waals surface area contributed by atoms with Crippen LogP contribution in [0, 0.1) is 13.8 Å². The van der Waals surface area contributed by atoms with E-state index in [-0.39, 0.29) is 22.2 Å². The second kappa shape index (κ2) is 6.87. The Kier molecular flexibility index (Phi) is 4.35. The van der Waals surface area contributed by atoms with E-state index in [1.54, 1.807) is 50.2 Å². The lowest BCUT2D eigenvalue weighted by atomic mass is 10.1. The van der Waals surface area contributed by atoms with E-state index in [9.17, 15) is 19.2 Å². The summed E-state index contributed by atoms with van der Waals surface area (Å²) in [5.41, 5.74) is 1.49. The predicted octanol–water partition coefficient (Wildman–Crippen LogP) is 2.82. The first-order chi connectivity index (χ1) is 13.9. The van der Waals surface area contributed by atoms with Gasteiger partial charge in [0.2, 0.25) is 0 Å². The number of rotatable bonds is 3. The van der Waals surface area contributed by atoms with Gasteiger partial charge in [-0.15, -0.1) is 0 Å². The molecule has 0 aliphatic carbocycles. The first-order valence-electron chi connectivity index (χ1n) is 8.89. The van der Waals surface area contributed by atoms with Gasteiger partial charge in [0.05, 0.1) is 16.7 Å². The highest BCUT2D eigenvalue weighted by molar-refractivity contribution is 6.21. The third-order valence-corrected chi connectivity index (χ3v) is 4.80. The van der Waals surface area contributed by atoms with Crippen LogP contribution in [0.3, 0.4) is 0 Å². The highest BCUT2D eigenvalue weighted by Gasteiger charge is 2.39. The van der Waals surface area contributed by atoms with Crippen LogP contribution in [-0.4, -0.2) is 27.4 Å². The van der Waals surface area contributed by atoms with Crippen molar-refractivity contribution in [2.24, 2.45) is 0 Å². The van der Waals surface area contributed by atoms with Crippen molar-refractivity contribution in [1.29, 1.82) is 0 Å². The van der Waals surface area contributed by atoms with Crippen LogP contribution in [0.15, 0.2) is 65.5 Å². The number of imide groups is 1. The molecule has 144 valence electrons. The molecule has 0 radical (unpaired) electrons. The first kappa shape index (κ1) is 18.4. The van der Waals surface area contributed by atoms with E-state index >= 15 is 0 Å². The molecule has 0 atom stereocenters. The fourth-order valence-corrected chi connectivity index (χ4v) is 3.47. The molecular weight excluding hydrogens is 372 g/mol. The van der Waals surface area contributed by atoms with Gasteiger partial charge in [-0.1, -0.05) is 35.4 Å². The molecule has 2 amide bonds. The molecule has 1 aromatic heterocycles. The molecule has 0 bridgehead atoms. The molecule has 29 heavy (non-hydrogen) atoms. The number of hydroxylamine groups is 2. The minimum absolute atomic E-state index is 0.116. The molecule has 0 spiro atoms. The van der Waals surface area contributed by atoms with Crippen LogP contribution < -0.4 is 5.56 Å². The quantitative estimate of drug-likeness (QED) is 0.644. The van der Waals surface area contributed by atoms with E-state index in [4.69, 9.17) is 4.84 Å². The van der Waals surface area contributed by atoms with Gasteiger partial charge < -0.3 is 4.84 Å². The summed E-state index contributed by atoms with van der Waals surface area (Å²) in [7, 11) is 0. The SMILES string of the molecule is Cc1cc(=O)n(-c2ccccc2)c(C)c1C(=O)ON1C(=O)c2ccccc2C1=O. The molecule has 7 nitrogen and oxygen atoms in total. The van der Waals surface area contributed by atoms with Gasteiger partial charge in [-0.25, -0.2) is 4.79 Å². The van der Waals surface area contributed by atoms with Gasteiger partial charge >= 0.3 is 5.97 Å². The Morgan fingerprint density at radius 3 is 1.97 bits per heavy atom. The van der Waals surface area contributed by atoms with Crippen molar-refractivity contribution >= 4 is 17.8 Å². The second-order valence-corrected chi connectivity index (χ2v) is 6.63. The standard InChI is InChI=1S/C22H16N2O5/c1-13-12-18(25)23(15-8-4-3-5-9-15)14(2)19(13)22(28)29-24-20(26)16-10-6-7-11-17(16)21(24)27/h3-12H,1-2H3. The Morgan fingerprint density at radius 2 is 1.38 bits per heavy atom. The Hall–Kier alpha value is -4.00. The summed E-state index contributed by atoms with van der Waals surface area (Å²) < 4.78 is 1.38. The third kappa shape index (κ3) is 2.93. The summed E-state index contributed by atoms with van der Waals surface area (Å²) in [6.07, 6.45) is 0. The number of nitrogens with zero attached hydrogens (tertiary/aromatic N) is 2. The van der Waals surface area contributed by atoms with Crippen molar-refractivity contribution in [1.82, 2.24) is 9.63 Å². The first-order valence-corrected chi connectivity index (χ1v) is 8.89. The number of carbonyl (C=O) groups excluding carboxylic acids is 3. The summed E-state index contributed by atoms with van der Waals surface area (Å²) in [5, 5.41) is 0.462. The predicted molar refractivity (Wildman–Crippen MR) is 104 cm³/mol. The molecule has 2 heterocycles. The molecule has 0 fully saturated rings. The largest absolute Gasteiger partial charge is 0.365 e. The number of hydrogen-bond acceptors (Lipinski definition) is 5.